The lowest BCUT2D eigenvalue weighted by molar-refractivity contribution is 0.607. The first-order chi connectivity index (χ1) is 13.3. The average Bonchev–Trinajstić information content (AvgIpc) is 3.32. The van der Waals surface area contributed by atoms with Crippen LogP contribution in [0.1, 0.15) is 11.4 Å². The SMILES string of the molecule is Cc1cc(NS(C)(=O)=O)ccc1-n1cccc1-c1ccc(-n2ccnc2C)s1. The fraction of sp³-hybridized carbons (Fsp3) is 0.150. The number of sulfonamides is 1. The summed E-state index contributed by atoms with van der Waals surface area (Å²) < 4.78 is 29.6. The first kappa shape index (κ1) is 18.5. The smallest absolute Gasteiger partial charge is 0.229 e. The molecular formula is C20H20N4O2S2. The molecule has 4 aromatic rings. The second-order valence-electron chi connectivity index (χ2n) is 6.62. The van der Waals surface area contributed by atoms with Crippen molar-refractivity contribution in [2.75, 3.05) is 11.0 Å². The van der Waals surface area contributed by atoms with E-state index in [2.05, 4.69) is 37.0 Å². The highest BCUT2D eigenvalue weighted by Crippen LogP contribution is 2.33. The minimum absolute atomic E-state index is 0.562. The zero-order valence-corrected chi connectivity index (χ0v) is 17.4. The highest BCUT2D eigenvalue weighted by Gasteiger charge is 2.13. The molecule has 1 aromatic carbocycles. The van der Waals surface area contributed by atoms with Gasteiger partial charge in [0.25, 0.3) is 0 Å². The summed E-state index contributed by atoms with van der Waals surface area (Å²) in [5, 5.41) is 1.11. The topological polar surface area (TPSA) is 68.9 Å². The van der Waals surface area contributed by atoms with E-state index < -0.39 is 10.0 Å². The number of imidazole rings is 1. The van der Waals surface area contributed by atoms with E-state index in [0.717, 1.165) is 38.9 Å². The lowest BCUT2D eigenvalue weighted by Gasteiger charge is -2.13. The molecule has 3 aromatic heterocycles. The van der Waals surface area contributed by atoms with Gasteiger partial charge >= 0.3 is 0 Å². The van der Waals surface area contributed by atoms with Gasteiger partial charge in [-0.3, -0.25) is 9.29 Å². The molecule has 3 heterocycles. The Morgan fingerprint density at radius 2 is 1.86 bits per heavy atom. The Morgan fingerprint density at radius 3 is 2.54 bits per heavy atom. The lowest BCUT2D eigenvalue weighted by Crippen LogP contribution is -2.10. The molecule has 0 amide bonds. The van der Waals surface area contributed by atoms with Crippen molar-refractivity contribution in [1.29, 1.82) is 0 Å². The Labute approximate surface area is 168 Å². The first-order valence-corrected chi connectivity index (χ1v) is 11.4. The van der Waals surface area contributed by atoms with Gasteiger partial charge in [-0.15, -0.1) is 11.3 Å². The van der Waals surface area contributed by atoms with Crippen molar-refractivity contribution in [2.24, 2.45) is 0 Å². The van der Waals surface area contributed by atoms with Crippen molar-refractivity contribution in [3.05, 3.63) is 72.4 Å². The molecule has 0 aliphatic carbocycles. The monoisotopic (exact) mass is 412 g/mol. The van der Waals surface area contributed by atoms with Crippen LogP contribution in [-0.2, 0) is 10.0 Å². The third-order valence-electron chi connectivity index (χ3n) is 4.42. The fourth-order valence-electron chi connectivity index (χ4n) is 3.20. The fourth-order valence-corrected chi connectivity index (χ4v) is 4.82. The van der Waals surface area contributed by atoms with Crippen molar-refractivity contribution in [3.8, 4) is 21.3 Å². The third-order valence-corrected chi connectivity index (χ3v) is 6.13. The number of aromatic nitrogens is 3. The van der Waals surface area contributed by atoms with Gasteiger partial charge in [-0.2, -0.15) is 0 Å². The maximum atomic E-state index is 11.5. The Hall–Kier alpha value is -2.84. The van der Waals surface area contributed by atoms with Gasteiger partial charge in [-0.25, -0.2) is 13.4 Å². The van der Waals surface area contributed by atoms with Crippen LogP contribution in [0.15, 0.2) is 61.1 Å². The summed E-state index contributed by atoms with van der Waals surface area (Å²) in [7, 11) is -3.30. The molecule has 4 rings (SSSR count). The van der Waals surface area contributed by atoms with E-state index in [9.17, 15) is 8.42 Å². The summed E-state index contributed by atoms with van der Waals surface area (Å²) in [5.74, 6) is 0.952. The standard InChI is InChI=1S/C20H20N4O2S2/c1-14-13-16(22-28(3,25)26)6-7-17(14)24-11-4-5-18(24)19-8-9-20(27-19)23-12-10-21-15(23)2/h4-13,22H,1-3H3. The van der Waals surface area contributed by atoms with Crippen molar-refractivity contribution in [1.82, 2.24) is 14.1 Å². The van der Waals surface area contributed by atoms with Crippen LogP contribution in [-0.4, -0.2) is 28.8 Å². The van der Waals surface area contributed by atoms with Crippen LogP contribution < -0.4 is 4.72 Å². The predicted molar refractivity (Wildman–Crippen MR) is 114 cm³/mol. The van der Waals surface area contributed by atoms with Crippen LogP contribution >= 0.6 is 11.3 Å². The predicted octanol–water partition coefficient (Wildman–Crippen LogP) is 4.38. The summed E-state index contributed by atoms with van der Waals surface area (Å²) in [4.78, 5) is 5.44. The van der Waals surface area contributed by atoms with Crippen LogP contribution in [0.4, 0.5) is 5.69 Å². The minimum Gasteiger partial charge on any atom is -0.315 e. The summed E-state index contributed by atoms with van der Waals surface area (Å²) in [6, 6.07) is 13.9. The minimum atomic E-state index is -3.30. The molecule has 0 saturated carbocycles. The highest BCUT2D eigenvalue weighted by atomic mass is 32.2. The third kappa shape index (κ3) is 3.61. The molecular weight excluding hydrogens is 392 g/mol. The zero-order chi connectivity index (χ0) is 19.9. The molecule has 0 fully saturated rings. The van der Waals surface area contributed by atoms with E-state index in [1.54, 1.807) is 23.6 Å². The second kappa shape index (κ2) is 6.96. The normalized spacial score (nSPS) is 11.7. The summed E-state index contributed by atoms with van der Waals surface area (Å²) in [5.41, 5.74) is 3.63. The van der Waals surface area contributed by atoms with Crippen molar-refractivity contribution in [3.63, 3.8) is 0 Å². The van der Waals surface area contributed by atoms with Gasteiger partial charge in [-0.1, -0.05) is 0 Å². The summed E-state index contributed by atoms with van der Waals surface area (Å²) >= 11 is 1.70. The van der Waals surface area contributed by atoms with Gasteiger partial charge in [0.1, 0.15) is 10.8 Å². The lowest BCUT2D eigenvalue weighted by atomic mass is 10.1. The molecule has 0 saturated heterocycles. The van der Waals surface area contributed by atoms with Crippen LogP contribution in [0.2, 0.25) is 0 Å². The average molecular weight is 413 g/mol. The highest BCUT2D eigenvalue weighted by molar-refractivity contribution is 7.92. The van der Waals surface area contributed by atoms with E-state index in [4.69, 9.17) is 0 Å². The van der Waals surface area contributed by atoms with E-state index >= 15 is 0 Å². The van der Waals surface area contributed by atoms with Crippen molar-refractivity contribution < 1.29 is 8.42 Å². The largest absolute Gasteiger partial charge is 0.315 e. The van der Waals surface area contributed by atoms with Crippen LogP contribution in [0.5, 0.6) is 0 Å². The van der Waals surface area contributed by atoms with Crippen LogP contribution in [0.3, 0.4) is 0 Å². The molecule has 0 unspecified atom stereocenters. The van der Waals surface area contributed by atoms with Gasteiger partial charge in [0.2, 0.25) is 10.0 Å². The Kier molecular flexibility index (Phi) is 4.60. The summed E-state index contributed by atoms with van der Waals surface area (Å²) in [6.45, 7) is 3.96. The van der Waals surface area contributed by atoms with Gasteiger partial charge in [0.05, 0.1) is 16.8 Å². The Balaban J connectivity index is 1.71. The number of nitrogens with zero attached hydrogens (tertiary/aromatic N) is 3. The molecule has 28 heavy (non-hydrogen) atoms. The molecule has 0 bridgehead atoms. The Morgan fingerprint density at radius 1 is 1.04 bits per heavy atom. The van der Waals surface area contributed by atoms with Crippen LogP contribution in [0, 0.1) is 13.8 Å². The van der Waals surface area contributed by atoms with E-state index in [-0.39, 0.29) is 0 Å². The van der Waals surface area contributed by atoms with Gasteiger partial charge in [0.15, 0.2) is 0 Å². The number of thiophene rings is 1. The second-order valence-corrected chi connectivity index (χ2v) is 9.43. The molecule has 0 aliphatic heterocycles. The number of aryl methyl sites for hydroxylation is 2. The van der Waals surface area contributed by atoms with E-state index in [0.29, 0.717) is 5.69 Å². The van der Waals surface area contributed by atoms with Crippen LogP contribution in [0.25, 0.3) is 21.3 Å². The van der Waals surface area contributed by atoms with Gasteiger partial charge in [0, 0.05) is 30.0 Å². The van der Waals surface area contributed by atoms with Crippen molar-refractivity contribution in [2.45, 2.75) is 13.8 Å². The molecule has 0 atom stereocenters. The number of anilines is 1. The number of nitrogens with one attached hydrogen (secondary N) is 1. The Bertz CT molecular complexity index is 1250. The number of rotatable bonds is 5. The molecule has 6 nitrogen and oxygen atoms in total. The maximum absolute atomic E-state index is 11.5. The first-order valence-electron chi connectivity index (χ1n) is 8.68. The molecule has 0 aliphatic rings. The van der Waals surface area contributed by atoms with Gasteiger partial charge < -0.3 is 4.57 Å². The number of hydrogen-bond donors (Lipinski definition) is 1. The van der Waals surface area contributed by atoms with Gasteiger partial charge in [-0.05, 0) is 61.9 Å². The number of benzene rings is 1. The van der Waals surface area contributed by atoms with E-state index in [1.807, 2.05) is 44.4 Å². The number of hydrogen-bond acceptors (Lipinski definition) is 4. The summed E-state index contributed by atoms with van der Waals surface area (Å²) in [6.07, 6.45) is 6.92. The molecule has 8 heteroatoms. The maximum Gasteiger partial charge on any atom is 0.229 e. The molecule has 0 radical (unpaired) electrons. The molecule has 144 valence electrons. The molecule has 1 N–H and O–H groups in total. The zero-order valence-electron chi connectivity index (χ0n) is 15.7. The quantitative estimate of drug-likeness (QED) is 0.529. The van der Waals surface area contributed by atoms with Crippen molar-refractivity contribution >= 4 is 27.0 Å². The molecule has 0 spiro atoms. The van der Waals surface area contributed by atoms with E-state index in [1.165, 1.54) is 0 Å².